The summed E-state index contributed by atoms with van der Waals surface area (Å²) in [7, 11) is 0. The lowest BCUT2D eigenvalue weighted by Crippen LogP contribution is -2.50. The minimum Gasteiger partial charge on any atom is -0.382 e. The predicted molar refractivity (Wildman–Crippen MR) is 86.0 cm³/mol. The molecule has 0 saturated carbocycles. The maximum Gasteiger partial charge on any atom is 0.256 e. The van der Waals surface area contributed by atoms with Gasteiger partial charge in [0, 0.05) is 18.2 Å². The lowest BCUT2D eigenvalue weighted by atomic mass is 10.1. The zero-order chi connectivity index (χ0) is 16.1. The number of pyridine rings is 1. The second kappa shape index (κ2) is 7.49. The fraction of sp³-hybridized carbons (Fsp3) is 0.400. The maximum atomic E-state index is 12.3. The number of nitrogens with zero attached hydrogens (tertiary/aromatic N) is 2. The molecule has 0 spiro atoms. The summed E-state index contributed by atoms with van der Waals surface area (Å²) in [6.45, 7) is 1.41. The molecule has 1 aliphatic heterocycles. The molecule has 0 radical (unpaired) electrons. The number of amides is 1. The van der Waals surface area contributed by atoms with Gasteiger partial charge in [-0.1, -0.05) is 6.07 Å². The van der Waals surface area contributed by atoms with E-state index >= 15 is 0 Å². The van der Waals surface area contributed by atoms with Crippen molar-refractivity contribution in [1.29, 1.82) is 0 Å². The number of hydrogen-bond donors (Lipinski definition) is 2. The average Bonchev–Trinajstić information content (AvgIpc) is 3.01. The number of nitrogens with two attached hydrogens (primary N) is 1. The van der Waals surface area contributed by atoms with Crippen LogP contribution in [0.25, 0.3) is 0 Å². The number of ether oxygens (including phenoxy) is 2. The van der Waals surface area contributed by atoms with Crippen LogP contribution in [0.1, 0.15) is 22.5 Å². The fourth-order valence-corrected chi connectivity index (χ4v) is 2.98. The highest BCUT2D eigenvalue weighted by Gasteiger charge is 2.29. The SMILES string of the molecule is Nc1nscc1C(=O)N[C@@H]1CCOC[C@H]1OCc1ccccn1. The van der Waals surface area contributed by atoms with Crippen LogP contribution >= 0.6 is 11.5 Å². The zero-order valence-electron chi connectivity index (χ0n) is 12.5. The van der Waals surface area contributed by atoms with Crippen LogP contribution in [-0.4, -0.2) is 40.6 Å². The summed E-state index contributed by atoms with van der Waals surface area (Å²) < 4.78 is 15.3. The summed E-state index contributed by atoms with van der Waals surface area (Å²) in [5.74, 6) is 0.0279. The first-order chi connectivity index (χ1) is 11.2. The van der Waals surface area contributed by atoms with E-state index in [4.69, 9.17) is 15.2 Å². The van der Waals surface area contributed by atoms with Crippen LogP contribution in [0.15, 0.2) is 29.8 Å². The van der Waals surface area contributed by atoms with Gasteiger partial charge >= 0.3 is 0 Å². The average molecular weight is 334 g/mol. The highest BCUT2D eigenvalue weighted by atomic mass is 32.1. The van der Waals surface area contributed by atoms with Gasteiger partial charge in [-0.05, 0) is 30.1 Å². The highest BCUT2D eigenvalue weighted by Crippen LogP contribution is 2.16. The maximum absolute atomic E-state index is 12.3. The van der Waals surface area contributed by atoms with Crippen LogP contribution in [0, 0.1) is 0 Å². The molecule has 2 atom stereocenters. The Morgan fingerprint density at radius 3 is 3.17 bits per heavy atom. The Morgan fingerprint density at radius 2 is 2.43 bits per heavy atom. The van der Waals surface area contributed by atoms with Gasteiger partial charge < -0.3 is 20.5 Å². The standard InChI is InChI=1S/C15H18N4O3S/c16-14-11(9-23-19-14)15(20)18-12-4-6-21-8-13(12)22-7-10-3-1-2-5-17-10/h1-3,5,9,12-13H,4,6-8H2,(H2,16,19)(H,18,20)/t12-,13-/m1/s1. The summed E-state index contributed by atoms with van der Waals surface area (Å²) >= 11 is 1.16. The normalized spacial score (nSPS) is 21.0. The number of nitrogens with one attached hydrogen (secondary N) is 1. The number of anilines is 1. The summed E-state index contributed by atoms with van der Waals surface area (Å²) in [4.78, 5) is 16.5. The minimum absolute atomic E-state index is 0.126. The molecular weight excluding hydrogens is 316 g/mol. The lowest BCUT2D eigenvalue weighted by molar-refractivity contribution is -0.0743. The summed E-state index contributed by atoms with van der Waals surface area (Å²) in [5.41, 5.74) is 6.94. The second-order valence-corrected chi connectivity index (χ2v) is 5.86. The Kier molecular flexibility index (Phi) is 5.16. The Balaban J connectivity index is 1.60. The van der Waals surface area contributed by atoms with E-state index in [1.807, 2.05) is 18.2 Å². The summed E-state index contributed by atoms with van der Waals surface area (Å²) in [5, 5.41) is 4.62. The molecule has 2 aromatic rings. The van der Waals surface area contributed by atoms with Crippen molar-refractivity contribution >= 4 is 23.3 Å². The van der Waals surface area contributed by atoms with Gasteiger partial charge in [-0.15, -0.1) is 0 Å². The minimum atomic E-state index is -0.227. The van der Waals surface area contributed by atoms with E-state index in [2.05, 4.69) is 14.7 Å². The molecule has 3 rings (SSSR count). The molecule has 3 heterocycles. The molecule has 3 N–H and O–H groups in total. The Labute approximate surface area is 138 Å². The van der Waals surface area contributed by atoms with Crippen molar-refractivity contribution in [1.82, 2.24) is 14.7 Å². The van der Waals surface area contributed by atoms with Crippen LogP contribution in [-0.2, 0) is 16.1 Å². The van der Waals surface area contributed by atoms with Crippen LogP contribution in [0.3, 0.4) is 0 Å². The van der Waals surface area contributed by atoms with Crippen molar-refractivity contribution in [2.75, 3.05) is 18.9 Å². The lowest BCUT2D eigenvalue weighted by Gasteiger charge is -2.32. The molecule has 1 saturated heterocycles. The number of carbonyl (C=O) groups excluding carboxylic acids is 1. The molecule has 1 aliphatic rings. The van der Waals surface area contributed by atoms with Crippen molar-refractivity contribution in [3.8, 4) is 0 Å². The van der Waals surface area contributed by atoms with Gasteiger partial charge in [0.25, 0.3) is 5.91 Å². The van der Waals surface area contributed by atoms with Crippen LogP contribution in [0.5, 0.6) is 0 Å². The van der Waals surface area contributed by atoms with Gasteiger partial charge in [0.2, 0.25) is 0 Å². The topological polar surface area (TPSA) is 99.4 Å². The van der Waals surface area contributed by atoms with E-state index in [1.54, 1.807) is 11.6 Å². The largest absolute Gasteiger partial charge is 0.382 e. The molecule has 0 aromatic carbocycles. The Morgan fingerprint density at radius 1 is 1.52 bits per heavy atom. The van der Waals surface area contributed by atoms with Crippen LogP contribution in [0.2, 0.25) is 0 Å². The molecule has 122 valence electrons. The smallest absolute Gasteiger partial charge is 0.256 e. The Hall–Kier alpha value is -2.03. The van der Waals surface area contributed by atoms with E-state index < -0.39 is 0 Å². The van der Waals surface area contributed by atoms with Crippen molar-refractivity contribution in [2.45, 2.75) is 25.2 Å². The summed E-state index contributed by atoms with van der Waals surface area (Å²) in [6, 6.07) is 5.54. The van der Waals surface area contributed by atoms with E-state index in [0.29, 0.717) is 31.8 Å². The van der Waals surface area contributed by atoms with E-state index in [-0.39, 0.29) is 23.9 Å². The first kappa shape index (κ1) is 15.9. The van der Waals surface area contributed by atoms with Gasteiger partial charge in [0.05, 0.1) is 30.5 Å². The number of aromatic nitrogens is 2. The highest BCUT2D eigenvalue weighted by molar-refractivity contribution is 7.04. The number of nitrogen functional groups attached to an aromatic ring is 1. The van der Waals surface area contributed by atoms with Gasteiger partial charge in [-0.25, -0.2) is 0 Å². The molecular formula is C15H18N4O3S. The predicted octanol–water partition coefficient (Wildman–Crippen LogP) is 1.22. The Bertz CT molecular complexity index is 649. The molecule has 0 unspecified atom stereocenters. The van der Waals surface area contributed by atoms with Gasteiger partial charge in [-0.2, -0.15) is 4.37 Å². The van der Waals surface area contributed by atoms with Crippen LogP contribution < -0.4 is 11.1 Å². The first-order valence-corrected chi connectivity index (χ1v) is 8.17. The second-order valence-electron chi connectivity index (χ2n) is 5.23. The van der Waals surface area contributed by atoms with E-state index in [0.717, 1.165) is 17.2 Å². The molecule has 7 nitrogen and oxygen atoms in total. The van der Waals surface area contributed by atoms with Gasteiger partial charge in [-0.3, -0.25) is 9.78 Å². The molecule has 23 heavy (non-hydrogen) atoms. The monoisotopic (exact) mass is 334 g/mol. The van der Waals surface area contributed by atoms with Crippen LogP contribution in [0.4, 0.5) is 5.82 Å². The quantitative estimate of drug-likeness (QED) is 0.853. The zero-order valence-corrected chi connectivity index (χ0v) is 13.3. The molecule has 2 aromatic heterocycles. The van der Waals surface area contributed by atoms with Crippen molar-refractivity contribution < 1.29 is 14.3 Å². The molecule has 1 amide bonds. The third-order valence-corrected chi connectivity index (χ3v) is 4.28. The number of rotatable bonds is 5. The van der Waals surface area contributed by atoms with Gasteiger partial charge in [0.15, 0.2) is 0 Å². The molecule has 1 fully saturated rings. The van der Waals surface area contributed by atoms with Crippen molar-refractivity contribution in [2.24, 2.45) is 0 Å². The third-order valence-electron chi connectivity index (χ3n) is 3.63. The first-order valence-electron chi connectivity index (χ1n) is 7.34. The molecule has 8 heteroatoms. The molecule has 0 bridgehead atoms. The molecule has 0 aliphatic carbocycles. The third kappa shape index (κ3) is 4.04. The van der Waals surface area contributed by atoms with Crippen molar-refractivity contribution in [3.05, 3.63) is 41.0 Å². The van der Waals surface area contributed by atoms with Crippen molar-refractivity contribution in [3.63, 3.8) is 0 Å². The summed E-state index contributed by atoms with van der Waals surface area (Å²) in [6.07, 6.45) is 2.19. The van der Waals surface area contributed by atoms with E-state index in [9.17, 15) is 4.79 Å². The number of carbonyl (C=O) groups is 1. The van der Waals surface area contributed by atoms with E-state index in [1.165, 1.54) is 0 Å². The fourth-order valence-electron chi connectivity index (χ4n) is 2.38. The van der Waals surface area contributed by atoms with Gasteiger partial charge in [0.1, 0.15) is 11.9 Å². The number of hydrogen-bond acceptors (Lipinski definition) is 7.